The molecule has 0 aromatic rings. The van der Waals surface area contributed by atoms with Crippen LogP contribution in [0.15, 0.2) is 0 Å². The molecule has 36 valence electrons. The van der Waals surface area contributed by atoms with Crippen molar-refractivity contribution in [1.82, 2.24) is 0 Å². The van der Waals surface area contributed by atoms with Gasteiger partial charge in [0.2, 0.25) is 0 Å². The van der Waals surface area contributed by atoms with E-state index in [9.17, 15) is 0 Å². The summed E-state index contributed by atoms with van der Waals surface area (Å²) in [4.78, 5) is 21.6. The van der Waals surface area contributed by atoms with Gasteiger partial charge in [-0.1, -0.05) is 0 Å². The molecule has 0 rings (SSSR count). The van der Waals surface area contributed by atoms with Crippen molar-refractivity contribution in [2.45, 2.75) is 0 Å². The average Bonchev–Trinajstić information content (AvgIpc) is 0.722. The largest absolute Gasteiger partial charge is 1.00 e. The molecular formula is H5LiO4PRb. The minimum absolute atomic E-state index is 0. The van der Waals surface area contributed by atoms with Gasteiger partial charge in [-0.05, 0) is 0 Å². The van der Waals surface area contributed by atoms with Crippen LogP contribution in [-0.4, -0.2) is 14.7 Å². The first-order valence-electron chi connectivity index (χ1n) is 0.783. The van der Waals surface area contributed by atoms with Crippen LogP contribution < -0.4 is 77.0 Å². The van der Waals surface area contributed by atoms with Gasteiger partial charge in [0.05, 0.1) is 0 Å². The topological polar surface area (TPSA) is 77.8 Å². The molecule has 0 radical (unpaired) electrons. The fourth-order valence-corrected chi connectivity index (χ4v) is 0. The first-order chi connectivity index (χ1) is 2.00. The number of hydrogen-bond donors (Lipinski definition) is 3. The van der Waals surface area contributed by atoms with E-state index in [2.05, 4.69) is 0 Å². The summed E-state index contributed by atoms with van der Waals surface area (Å²) in [7, 11) is -4.64. The van der Waals surface area contributed by atoms with Crippen molar-refractivity contribution < 1.29 is 99.1 Å². The predicted octanol–water partition coefficient (Wildman–Crippen LogP) is -6.70. The van der Waals surface area contributed by atoms with Gasteiger partial charge < -0.3 is 17.5 Å². The standard InChI is InChI=1S/Li.H3O4P.Rb.2H/c;1-5(2,3)4;;;/h;(H3,1,2,3,4);;;/q+1;;+1;2*-1. The van der Waals surface area contributed by atoms with Gasteiger partial charge in [0.15, 0.2) is 0 Å². The third-order valence-corrected chi connectivity index (χ3v) is 0. The maximum absolute atomic E-state index is 8.88. The first-order valence-corrected chi connectivity index (χ1v) is 2.35. The molecule has 0 spiro atoms. The van der Waals surface area contributed by atoms with Crippen LogP contribution in [0.2, 0.25) is 0 Å². The van der Waals surface area contributed by atoms with E-state index in [-0.39, 0.29) is 79.9 Å². The smallest absolute Gasteiger partial charge is 1.00 e. The van der Waals surface area contributed by atoms with Gasteiger partial charge >= 0.3 is 84.9 Å². The summed E-state index contributed by atoms with van der Waals surface area (Å²) < 4.78 is 8.88. The Kier molecular flexibility index (Phi) is 15.4. The van der Waals surface area contributed by atoms with Crippen molar-refractivity contribution in [1.29, 1.82) is 0 Å². The Morgan fingerprint density at radius 1 is 1.29 bits per heavy atom. The molecule has 0 atom stereocenters. The molecule has 7 heteroatoms. The maximum atomic E-state index is 8.88. The molecule has 0 fully saturated rings. The third kappa shape index (κ3) is 57.2. The number of phosphoric acid groups is 1. The zero-order chi connectivity index (χ0) is 4.50. The van der Waals surface area contributed by atoms with E-state index < -0.39 is 7.82 Å². The van der Waals surface area contributed by atoms with E-state index in [1.807, 2.05) is 0 Å². The summed E-state index contributed by atoms with van der Waals surface area (Å²) in [5.41, 5.74) is 0. The van der Waals surface area contributed by atoms with Crippen LogP contribution in [0.1, 0.15) is 2.85 Å². The molecule has 0 aliphatic rings. The van der Waals surface area contributed by atoms with E-state index in [1.165, 1.54) is 0 Å². The molecule has 0 bridgehead atoms. The van der Waals surface area contributed by atoms with E-state index >= 15 is 0 Å². The summed E-state index contributed by atoms with van der Waals surface area (Å²) in [6.07, 6.45) is 0. The molecule has 3 N–H and O–H groups in total. The van der Waals surface area contributed by atoms with Crippen LogP contribution >= 0.6 is 7.82 Å². The fourth-order valence-electron chi connectivity index (χ4n) is 0. The van der Waals surface area contributed by atoms with Gasteiger partial charge in [0, 0.05) is 0 Å². The normalized spacial score (nSPS) is 8.43. The second-order valence-electron chi connectivity index (χ2n) is 0.513. The second kappa shape index (κ2) is 6.63. The second-order valence-corrected chi connectivity index (χ2v) is 1.54. The summed E-state index contributed by atoms with van der Waals surface area (Å²) in [5, 5.41) is 0. The summed E-state index contributed by atoms with van der Waals surface area (Å²) in [6.45, 7) is 0. The monoisotopic (exact) mass is 192 g/mol. The van der Waals surface area contributed by atoms with E-state index in [0.29, 0.717) is 0 Å². The Labute approximate surface area is 105 Å². The van der Waals surface area contributed by atoms with Crippen LogP contribution in [0.3, 0.4) is 0 Å². The van der Waals surface area contributed by atoms with Crippen molar-refractivity contribution in [2.24, 2.45) is 0 Å². The van der Waals surface area contributed by atoms with Crippen LogP contribution in [0.5, 0.6) is 0 Å². The molecule has 0 unspecified atom stereocenters. The first kappa shape index (κ1) is 16.3. The summed E-state index contributed by atoms with van der Waals surface area (Å²) >= 11 is 0. The van der Waals surface area contributed by atoms with Crippen molar-refractivity contribution in [3.05, 3.63) is 0 Å². The van der Waals surface area contributed by atoms with E-state index in [4.69, 9.17) is 19.2 Å². The molecule has 0 saturated heterocycles. The van der Waals surface area contributed by atoms with E-state index in [1.54, 1.807) is 0 Å². The molecule has 0 aromatic heterocycles. The molecule has 7 heavy (non-hydrogen) atoms. The molecule has 0 aliphatic heterocycles. The van der Waals surface area contributed by atoms with Gasteiger partial charge in [-0.15, -0.1) is 0 Å². The molecule has 4 nitrogen and oxygen atoms in total. The summed E-state index contributed by atoms with van der Waals surface area (Å²) in [6, 6.07) is 0. The predicted molar refractivity (Wildman–Crippen MR) is 16.5 cm³/mol. The van der Waals surface area contributed by atoms with Crippen molar-refractivity contribution >= 4 is 7.82 Å². The Balaban J connectivity index is -0.0000000133. The molecule has 0 aliphatic carbocycles. The average molecular weight is 192 g/mol. The number of hydrogen-bond acceptors (Lipinski definition) is 1. The van der Waals surface area contributed by atoms with Gasteiger partial charge in [-0.2, -0.15) is 0 Å². The Morgan fingerprint density at radius 2 is 1.29 bits per heavy atom. The Morgan fingerprint density at radius 3 is 1.29 bits per heavy atom. The zero-order valence-corrected chi connectivity index (χ0v) is 10.0. The Hall–Kier alpha value is 2.51. The molecule has 0 saturated carbocycles. The summed E-state index contributed by atoms with van der Waals surface area (Å²) in [5.74, 6) is 0. The van der Waals surface area contributed by atoms with Gasteiger partial charge in [0.1, 0.15) is 0 Å². The molecule has 0 amide bonds. The van der Waals surface area contributed by atoms with Crippen LogP contribution in [0, 0.1) is 0 Å². The van der Waals surface area contributed by atoms with Gasteiger partial charge in [-0.3, -0.25) is 0 Å². The van der Waals surface area contributed by atoms with Crippen molar-refractivity contribution in [3.8, 4) is 0 Å². The maximum Gasteiger partial charge on any atom is 1.00 e. The minimum atomic E-state index is -4.64. The Bertz CT molecular complexity index is 64.7. The zero-order valence-electron chi connectivity index (χ0n) is 6.20. The molecule has 0 aromatic carbocycles. The van der Waals surface area contributed by atoms with Crippen LogP contribution in [0.4, 0.5) is 0 Å². The van der Waals surface area contributed by atoms with Gasteiger partial charge in [-0.25, -0.2) is 4.57 Å². The van der Waals surface area contributed by atoms with Crippen LogP contribution in [0.25, 0.3) is 0 Å². The fraction of sp³-hybridized carbons (Fsp3) is 0. The SMILES string of the molecule is O=P(O)(O)O.[H-].[H-].[Li+].[Rb+]. The van der Waals surface area contributed by atoms with Crippen molar-refractivity contribution in [2.75, 3.05) is 0 Å². The van der Waals surface area contributed by atoms with Crippen molar-refractivity contribution in [3.63, 3.8) is 0 Å². The van der Waals surface area contributed by atoms with Crippen LogP contribution in [-0.2, 0) is 4.57 Å². The molecule has 0 heterocycles. The van der Waals surface area contributed by atoms with Gasteiger partial charge in [0.25, 0.3) is 0 Å². The van der Waals surface area contributed by atoms with E-state index in [0.717, 1.165) is 0 Å². The minimum Gasteiger partial charge on any atom is -1.00 e. The number of rotatable bonds is 0. The third-order valence-electron chi connectivity index (χ3n) is 0. The quantitative estimate of drug-likeness (QED) is 0.263. The molecular weight excluding hydrogens is 187 g/mol.